The fourth-order valence-corrected chi connectivity index (χ4v) is 7.47. The molecule has 2 aromatic heterocycles. The van der Waals surface area contributed by atoms with Gasteiger partial charge >= 0.3 is 0 Å². The van der Waals surface area contributed by atoms with E-state index in [4.69, 9.17) is 0 Å². The molecule has 10 aromatic rings. The van der Waals surface area contributed by atoms with Crippen LogP contribution in [0.25, 0.3) is 98.6 Å². The molecule has 2 nitrogen and oxygen atoms in total. The summed E-state index contributed by atoms with van der Waals surface area (Å²) >= 11 is 0. The molecule has 0 amide bonds. The Balaban J connectivity index is 1.05. The summed E-state index contributed by atoms with van der Waals surface area (Å²) < 4.78 is 0. The van der Waals surface area contributed by atoms with Gasteiger partial charge in [0.25, 0.3) is 0 Å². The molecule has 2 heterocycles. The van der Waals surface area contributed by atoms with Gasteiger partial charge in [-0.2, -0.15) is 0 Å². The van der Waals surface area contributed by atoms with Crippen molar-refractivity contribution < 1.29 is 0 Å². The summed E-state index contributed by atoms with van der Waals surface area (Å²) in [5.41, 5.74) is 11.7. The van der Waals surface area contributed by atoms with Crippen molar-refractivity contribution in [2.75, 3.05) is 0 Å². The van der Waals surface area contributed by atoms with E-state index in [-0.39, 0.29) is 0 Å². The lowest BCUT2D eigenvalue weighted by atomic mass is 9.87. The van der Waals surface area contributed by atoms with Gasteiger partial charge in [0.1, 0.15) is 0 Å². The number of aromatic nitrogens is 2. The van der Waals surface area contributed by atoms with E-state index in [0.717, 1.165) is 27.4 Å². The first-order valence-corrected chi connectivity index (χ1v) is 16.4. The average Bonchev–Trinajstić information content (AvgIpc) is 3.16. The van der Waals surface area contributed by atoms with E-state index in [1.54, 1.807) is 0 Å². The van der Waals surface area contributed by atoms with Gasteiger partial charge in [0.05, 0.1) is 11.0 Å². The lowest BCUT2D eigenvalue weighted by molar-refractivity contribution is 1.41. The summed E-state index contributed by atoms with van der Waals surface area (Å²) in [5, 5.41) is 10.1. The van der Waals surface area contributed by atoms with Crippen LogP contribution in [0, 0.1) is 0 Å². The predicted molar refractivity (Wildman–Crippen MR) is 202 cm³/mol. The standard InChI is InChI=1S/C46H28N2/c1-2-6-43-36(4-1)27-38(28-48-43)30-9-13-32(14-10-30)40-21-16-34-17-22-41-39(20-15-33-18-23-42(40)46(34)45(33)41)31-11-7-29(8-12-31)35-19-24-44-37(26-35)5-3-25-47-44/h1-28H. The van der Waals surface area contributed by atoms with Crippen LogP contribution in [-0.4, -0.2) is 9.97 Å². The quantitative estimate of drug-likeness (QED) is 0.186. The Kier molecular flexibility index (Phi) is 5.91. The summed E-state index contributed by atoms with van der Waals surface area (Å²) in [6, 6.07) is 57.3. The number of fused-ring (bicyclic) bond motifs is 2. The van der Waals surface area contributed by atoms with E-state index in [1.165, 1.54) is 71.3 Å². The van der Waals surface area contributed by atoms with Crippen molar-refractivity contribution in [3.8, 4) is 44.5 Å². The van der Waals surface area contributed by atoms with Gasteiger partial charge < -0.3 is 0 Å². The zero-order chi connectivity index (χ0) is 31.6. The van der Waals surface area contributed by atoms with E-state index in [9.17, 15) is 0 Å². The molecule has 0 saturated carbocycles. The maximum Gasteiger partial charge on any atom is 0.0702 e. The van der Waals surface area contributed by atoms with Gasteiger partial charge in [-0.1, -0.05) is 127 Å². The van der Waals surface area contributed by atoms with Crippen molar-refractivity contribution in [2.24, 2.45) is 0 Å². The minimum Gasteiger partial charge on any atom is -0.256 e. The number of benzene rings is 8. The zero-order valence-electron chi connectivity index (χ0n) is 26.1. The Morgan fingerprint density at radius 1 is 0.312 bits per heavy atom. The van der Waals surface area contributed by atoms with Gasteiger partial charge in [-0.15, -0.1) is 0 Å². The Bertz CT molecular complexity index is 2620. The van der Waals surface area contributed by atoms with Crippen LogP contribution in [0.4, 0.5) is 0 Å². The first kappa shape index (κ1) is 26.8. The molecule has 48 heavy (non-hydrogen) atoms. The first-order valence-electron chi connectivity index (χ1n) is 16.4. The van der Waals surface area contributed by atoms with Crippen LogP contribution < -0.4 is 0 Å². The minimum atomic E-state index is 1.02. The molecule has 0 N–H and O–H groups in total. The van der Waals surface area contributed by atoms with Gasteiger partial charge in [0.2, 0.25) is 0 Å². The van der Waals surface area contributed by atoms with Crippen molar-refractivity contribution in [3.05, 3.63) is 170 Å². The van der Waals surface area contributed by atoms with Gasteiger partial charge in [0, 0.05) is 28.7 Å². The molecule has 0 aliphatic rings. The third-order valence-electron chi connectivity index (χ3n) is 9.92. The van der Waals surface area contributed by atoms with Crippen LogP contribution >= 0.6 is 0 Å². The summed E-state index contributed by atoms with van der Waals surface area (Å²) in [6.45, 7) is 0. The topological polar surface area (TPSA) is 25.8 Å². The Hall–Kier alpha value is -6.38. The van der Waals surface area contributed by atoms with Crippen LogP contribution in [0.5, 0.6) is 0 Å². The fraction of sp³-hybridized carbons (Fsp3) is 0. The summed E-state index contributed by atoms with van der Waals surface area (Å²) in [6.07, 6.45) is 3.82. The highest BCUT2D eigenvalue weighted by Crippen LogP contribution is 2.43. The number of hydrogen-bond donors (Lipinski definition) is 0. The van der Waals surface area contributed by atoms with Crippen molar-refractivity contribution in [1.82, 2.24) is 9.97 Å². The average molecular weight is 609 g/mol. The normalized spacial score (nSPS) is 11.8. The van der Waals surface area contributed by atoms with E-state index in [2.05, 4.69) is 156 Å². The molecule has 0 bridgehead atoms. The highest BCUT2D eigenvalue weighted by molar-refractivity contribution is 6.27. The molecule has 8 aromatic carbocycles. The van der Waals surface area contributed by atoms with Crippen molar-refractivity contribution >= 4 is 54.1 Å². The second-order valence-electron chi connectivity index (χ2n) is 12.6. The monoisotopic (exact) mass is 608 g/mol. The second-order valence-corrected chi connectivity index (χ2v) is 12.6. The third-order valence-corrected chi connectivity index (χ3v) is 9.92. The molecule has 0 aliphatic heterocycles. The molecule has 0 saturated heterocycles. The van der Waals surface area contributed by atoms with Crippen molar-refractivity contribution in [1.29, 1.82) is 0 Å². The van der Waals surface area contributed by atoms with Crippen LogP contribution in [-0.2, 0) is 0 Å². The van der Waals surface area contributed by atoms with E-state index in [0.29, 0.717) is 0 Å². The number of pyridine rings is 2. The zero-order valence-corrected chi connectivity index (χ0v) is 26.1. The number of nitrogens with zero attached hydrogens (tertiary/aromatic N) is 2. The molecule has 0 aliphatic carbocycles. The maximum absolute atomic E-state index is 4.68. The van der Waals surface area contributed by atoms with Gasteiger partial charge in [-0.05, 0) is 102 Å². The van der Waals surface area contributed by atoms with Crippen LogP contribution in [0.15, 0.2) is 170 Å². The van der Waals surface area contributed by atoms with Crippen LogP contribution in [0.2, 0.25) is 0 Å². The smallest absolute Gasteiger partial charge is 0.0702 e. The molecule has 0 fully saturated rings. The summed E-state index contributed by atoms with van der Waals surface area (Å²) in [4.78, 5) is 9.16. The SMILES string of the molecule is c1cnc2ccc(-c3ccc(-c4ccc5ccc6c(-c7ccc(-c8cnc9ccccc9c8)cc7)ccc7ccc4c5c76)cc3)cc2c1. The predicted octanol–water partition coefficient (Wildman–Crippen LogP) is 12.3. The van der Waals surface area contributed by atoms with Crippen LogP contribution in [0.3, 0.4) is 0 Å². The Morgan fingerprint density at radius 2 is 0.812 bits per heavy atom. The molecule has 0 atom stereocenters. The third kappa shape index (κ3) is 4.27. The maximum atomic E-state index is 4.68. The molecule has 0 spiro atoms. The highest BCUT2D eigenvalue weighted by atomic mass is 14.6. The molecule has 10 rings (SSSR count). The Morgan fingerprint density at radius 3 is 1.48 bits per heavy atom. The Labute approximate surface area is 277 Å². The van der Waals surface area contributed by atoms with Gasteiger partial charge in [-0.3, -0.25) is 9.97 Å². The van der Waals surface area contributed by atoms with E-state index in [1.807, 2.05) is 24.5 Å². The lowest BCUT2D eigenvalue weighted by Crippen LogP contribution is -1.90. The number of para-hydroxylation sites is 1. The fourth-order valence-electron chi connectivity index (χ4n) is 7.47. The molecule has 0 radical (unpaired) electrons. The lowest BCUT2D eigenvalue weighted by Gasteiger charge is -2.17. The molecule has 2 heteroatoms. The largest absolute Gasteiger partial charge is 0.256 e. The minimum absolute atomic E-state index is 1.02. The molecule has 0 unspecified atom stereocenters. The number of hydrogen-bond acceptors (Lipinski definition) is 2. The van der Waals surface area contributed by atoms with Crippen molar-refractivity contribution in [3.63, 3.8) is 0 Å². The number of rotatable bonds is 4. The first-order chi connectivity index (χ1) is 23.8. The van der Waals surface area contributed by atoms with Gasteiger partial charge in [-0.25, -0.2) is 0 Å². The van der Waals surface area contributed by atoms with E-state index < -0.39 is 0 Å². The molecule has 222 valence electrons. The molecular formula is C46H28N2. The van der Waals surface area contributed by atoms with E-state index >= 15 is 0 Å². The van der Waals surface area contributed by atoms with Gasteiger partial charge in [0.15, 0.2) is 0 Å². The van der Waals surface area contributed by atoms with Crippen molar-refractivity contribution in [2.45, 2.75) is 0 Å². The highest BCUT2D eigenvalue weighted by Gasteiger charge is 2.15. The summed E-state index contributed by atoms with van der Waals surface area (Å²) in [7, 11) is 0. The molecular weight excluding hydrogens is 581 g/mol. The summed E-state index contributed by atoms with van der Waals surface area (Å²) in [5.74, 6) is 0. The second kappa shape index (κ2) is 10.6. The van der Waals surface area contributed by atoms with Crippen LogP contribution in [0.1, 0.15) is 0 Å².